The molecule has 1 aromatic heterocycles. The number of nitrogens with zero attached hydrogens (tertiary/aromatic N) is 2. The van der Waals surface area contributed by atoms with Gasteiger partial charge in [-0.1, -0.05) is 0 Å². The third-order valence-electron chi connectivity index (χ3n) is 4.20. The highest BCUT2D eigenvalue weighted by Crippen LogP contribution is 2.41. The van der Waals surface area contributed by atoms with Crippen LogP contribution in [0.15, 0.2) is 28.9 Å². The first kappa shape index (κ1) is 13.7. The van der Waals surface area contributed by atoms with Gasteiger partial charge in [-0.25, -0.2) is 0 Å². The molecule has 2 atom stereocenters. The van der Waals surface area contributed by atoms with Crippen LogP contribution in [0.5, 0.6) is 0 Å². The molecule has 0 saturated carbocycles. The standard InChI is InChI=1S/C15H12BrN3O3/c16-8-1-2-9-12-7(5-6-17-13(8)12)15(22)19(9)10-3-4-11(20)18-14(10)21/h1-2,5-6,10,14,21H,3-4H2,(H,18,20). The predicted molar refractivity (Wildman–Crippen MR) is 83.4 cm³/mol. The molecule has 3 heterocycles. The molecule has 1 saturated heterocycles. The third kappa shape index (κ3) is 1.79. The van der Waals surface area contributed by atoms with E-state index in [4.69, 9.17) is 0 Å². The number of aromatic nitrogens is 1. The summed E-state index contributed by atoms with van der Waals surface area (Å²) in [6.07, 6.45) is 1.26. The van der Waals surface area contributed by atoms with E-state index < -0.39 is 12.3 Å². The number of halogens is 1. The average Bonchev–Trinajstić information content (AvgIpc) is 2.78. The number of piperidine rings is 1. The number of anilines is 1. The Morgan fingerprint density at radius 1 is 1.32 bits per heavy atom. The van der Waals surface area contributed by atoms with Gasteiger partial charge >= 0.3 is 0 Å². The second-order valence-corrected chi connectivity index (χ2v) is 6.30. The lowest BCUT2D eigenvalue weighted by Crippen LogP contribution is -2.56. The Hall–Kier alpha value is -1.99. The van der Waals surface area contributed by atoms with Gasteiger partial charge in [-0.15, -0.1) is 0 Å². The normalized spacial score (nSPS) is 24.0. The number of aliphatic hydroxyl groups excluding tert-OH is 1. The maximum Gasteiger partial charge on any atom is 0.259 e. The molecule has 1 aromatic carbocycles. The number of amides is 2. The van der Waals surface area contributed by atoms with Crippen LogP contribution in [-0.2, 0) is 4.79 Å². The summed E-state index contributed by atoms with van der Waals surface area (Å²) in [6, 6.07) is 4.90. The molecule has 2 aromatic rings. The highest BCUT2D eigenvalue weighted by atomic mass is 79.9. The van der Waals surface area contributed by atoms with Crippen LogP contribution < -0.4 is 10.2 Å². The second kappa shape index (κ2) is 4.76. The number of hydrogen-bond acceptors (Lipinski definition) is 4. The van der Waals surface area contributed by atoms with Crippen LogP contribution in [0.4, 0.5) is 5.69 Å². The van der Waals surface area contributed by atoms with Gasteiger partial charge in [0.25, 0.3) is 5.91 Å². The van der Waals surface area contributed by atoms with E-state index in [1.54, 1.807) is 17.2 Å². The van der Waals surface area contributed by atoms with Crippen molar-refractivity contribution in [2.75, 3.05) is 4.90 Å². The van der Waals surface area contributed by atoms with Crippen molar-refractivity contribution in [1.82, 2.24) is 10.3 Å². The minimum absolute atomic E-state index is 0.166. The van der Waals surface area contributed by atoms with E-state index in [-0.39, 0.29) is 11.8 Å². The largest absolute Gasteiger partial charge is 0.372 e. The molecule has 112 valence electrons. The number of carbonyl (C=O) groups excluding carboxylic acids is 2. The molecule has 2 N–H and O–H groups in total. The van der Waals surface area contributed by atoms with Crippen molar-refractivity contribution < 1.29 is 14.7 Å². The summed E-state index contributed by atoms with van der Waals surface area (Å²) in [5, 5.41) is 13.4. The third-order valence-corrected chi connectivity index (χ3v) is 4.84. The maximum atomic E-state index is 12.8. The van der Waals surface area contributed by atoms with Gasteiger partial charge in [-0.05, 0) is 40.5 Å². The van der Waals surface area contributed by atoms with Crippen LogP contribution in [0.1, 0.15) is 23.2 Å². The van der Waals surface area contributed by atoms with E-state index in [1.807, 2.05) is 12.1 Å². The van der Waals surface area contributed by atoms with Gasteiger partial charge in [0.15, 0.2) is 0 Å². The van der Waals surface area contributed by atoms with Gasteiger partial charge in [0.05, 0.1) is 22.8 Å². The van der Waals surface area contributed by atoms with Crippen molar-refractivity contribution >= 4 is 44.3 Å². The van der Waals surface area contributed by atoms with Crippen LogP contribution in [0.3, 0.4) is 0 Å². The first-order valence-electron chi connectivity index (χ1n) is 6.96. The average molecular weight is 362 g/mol. The molecule has 4 rings (SSSR count). The van der Waals surface area contributed by atoms with E-state index in [2.05, 4.69) is 26.2 Å². The van der Waals surface area contributed by atoms with Gasteiger partial charge in [-0.2, -0.15) is 0 Å². The Morgan fingerprint density at radius 3 is 2.91 bits per heavy atom. The van der Waals surface area contributed by atoms with E-state index >= 15 is 0 Å². The lowest BCUT2D eigenvalue weighted by atomic mass is 10.0. The fourth-order valence-corrected chi connectivity index (χ4v) is 3.64. The van der Waals surface area contributed by atoms with E-state index in [1.165, 1.54) is 0 Å². The summed E-state index contributed by atoms with van der Waals surface area (Å²) >= 11 is 3.45. The number of aliphatic hydroxyl groups is 1. The zero-order chi connectivity index (χ0) is 15.4. The topological polar surface area (TPSA) is 82.5 Å². The molecule has 6 nitrogen and oxygen atoms in total. The monoisotopic (exact) mass is 361 g/mol. The Bertz CT molecular complexity index is 823. The van der Waals surface area contributed by atoms with Crippen molar-refractivity contribution in [3.8, 4) is 0 Å². The zero-order valence-corrected chi connectivity index (χ0v) is 13.0. The number of rotatable bonds is 1. The summed E-state index contributed by atoms with van der Waals surface area (Å²) in [4.78, 5) is 30.1. The van der Waals surface area contributed by atoms with E-state index in [9.17, 15) is 14.7 Å². The molecule has 1 fully saturated rings. The summed E-state index contributed by atoms with van der Waals surface area (Å²) in [7, 11) is 0. The lowest BCUT2D eigenvalue weighted by Gasteiger charge is -2.35. The Morgan fingerprint density at radius 2 is 2.14 bits per heavy atom. The molecule has 22 heavy (non-hydrogen) atoms. The fraction of sp³-hybridized carbons (Fsp3) is 0.267. The molecule has 2 aliphatic rings. The smallest absolute Gasteiger partial charge is 0.259 e. The lowest BCUT2D eigenvalue weighted by molar-refractivity contribution is -0.127. The zero-order valence-electron chi connectivity index (χ0n) is 11.4. The fourth-order valence-electron chi connectivity index (χ4n) is 3.20. The van der Waals surface area contributed by atoms with E-state index in [0.717, 1.165) is 21.1 Å². The summed E-state index contributed by atoms with van der Waals surface area (Å²) < 4.78 is 0.820. The Balaban J connectivity index is 1.87. The quantitative estimate of drug-likeness (QED) is 0.807. The van der Waals surface area contributed by atoms with Crippen LogP contribution >= 0.6 is 15.9 Å². The van der Waals surface area contributed by atoms with Crippen LogP contribution in [0.2, 0.25) is 0 Å². The van der Waals surface area contributed by atoms with E-state index in [0.29, 0.717) is 18.4 Å². The molecular formula is C15H12BrN3O3. The van der Waals surface area contributed by atoms with Crippen molar-refractivity contribution in [2.45, 2.75) is 25.1 Å². The first-order valence-corrected chi connectivity index (χ1v) is 7.75. The van der Waals surface area contributed by atoms with Crippen molar-refractivity contribution in [2.24, 2.45) is 0 Å². The SMILES string of the molecule is O=C1CCC(N2C(=O)c3ccnc4c(Br)ccc2c34)C(O)N1. The summed E-state index contributed by atoms with van der Waals surface area (Å²) in [5.74, 6) is -0.365. The maximum absolute atomic E-state index is 12.8. The molecule has 7 heteroatoms. The highest BCUT2D eigenvalue weighted by Gasteiger charge is 2.40. The summed E-state index contributed by atoms with van der Waals surface area (Å²) in [6.45, 7) is 0. The molecule has 0 bridgehead atoms. The first-order chi connectivity index (χ1) is 10.6. The van der Waals surface area contributed by atoms with Crippen molar-refractivity contribution in [3.63, 3.8) is 0 Å². The van der Waals surface area contributed by atoms with Gasteiger partial charge < -0.3 is 15.3 Å². The number of carbonyl (C=O) groups is 2. The predicted octanol–water partition coefficient (Wildman–Crippen LogP) is 1.55. The minimum atomic E-state index is -1.06. The molecule has 2 unspecified atom stereocenters. The van der Waals surface area contributed by atoms with Crippen LogP contribution in [0, 0.1) is 0 Å². The van der Waals surface area contributed by atoms with Crippen LogP contribution in [-0.4, -0.2) is 34.2 Å². The Kier molecular flexibility index (Phi) is 2.95. The summed E-state index contributed by atoms with van der Waals surface area (Å²) in [5.41, 5.74) is 2.03. The van der Waals surface area contributed by atoms with Gasteiger partial charge in [0.1, 0.15) is 6.23 Å². The second-order valence-electron chi connectivity index (χ2n) is 5.44. The Labute approximate surface area is 134 Å². The van der Waals surface area contributed by atoms with Crippen LogP contribution in [0.25, 0.3) is 10.9 Å². The number of nitrogens with one attached hydrogen (secondary N) is 1. The molecular weight excluding hydrogens is 350 g/mol. The van der Waals surface area contributed by atoms with Crippen molar-refractivity contribution in [1.29, 1.82) is 0 Å². The number of benzene rings is 1. The number of pyridine rings is 1. The molecule has 2 aliphatic heterocycles. The van der Waals surface area contributed by atoms with Gasteiger partial charge in [0, 0.05) is 22.5 Å². The molecule has 0 aliphatic carbocycles. The molecule has 2 amide bonds. The number of hydrogen-bond donors (Lipinski definition) is 2. The van der Waals surface area contributed by atoms with Crippen molar-refractivity contribution in [3.05, 3.63) is 34.4 Å². The van der Waals surface area contributed by atoms with Gasteiger partial charge in [0.2, 0.25) is 5.91 Å². The highest BCUT2D eigenvalue weighted by molar-refractivity contribution is 9.10. The minimum Gasteiger partial charge on any atom is -0.372 e. The van der Waals surface area contributed by atoms with Gasteiger partial charge in [-0.3, -0.25) is 14.6 Å². The molecule has 0 radical (unpaired) electrons. The molecule has 0 spiro atoms.